The van der Waals surface area contributed by atoms with Crippen LogP contribution in [0.5, 0.6) is 0 Å². The van der Waals surface area contributed by atoms with Gasteiger partial charge >= 0.3 is 0 Å². The van der Waals surface area contributed by atoms with E-state index in [1.807, 2.05) is 19.1 Å². The number of carbonyl (C=O) groups excluding carboxylic acids is 1. The highest BCUT2D eigenvalue weighted by atomic mass is 16.1. The van der Waals surface area contributed by atoms with Gasteiger partial charge in [0.2, 0.25) is 0 Å². The fourth-order valence-corrected chi connectivity index (χ4v) is 1.22. The van der Waals surface area contributed by atoms with E-state index in [4.69, 9.17) is 0 Å². The van der Waals surface area contributed by atoms with Crippen molar-refractivity contribution >= 4 is 5.78 Å². The number of nitrogens with one attached hydrogen (secondary N) is 1. The van der Waals surface area contributed by atoms with Gasteiger partial charge < -0.3 is 5.32 Å². The van der Waals surface area contributed by atoms with Gasteiger partial charge in [-0.15, -0.1) is 0 Å². The van der Waals surface area contributed by atoms with Crippen molar-refractivity contribution in [1.82, 2.24) is 10.3 Å². The number of hydrogen-bond donors (Lipinski definition) is 1. The second-order valence-corrected chi connectivity index (χ2v) is 3.17. The lowest BCUT2D eigenvalue weighted by Gasteiger charge is -2.01. The van der Waals surface area contributed by atoms with Crippen LogP contribution in [0.3, 0.4) is 0 Å². The molecule has 0 spiro atoms. The Hall–Kier alpha value is -1.22. The van der Waals surface area contributed by atoms with Crippen LogP contribution in [0.4, 0.5) is 0 Å². The second kappa shape index (κ2) is 6.27. The quantitative estimate of drug-likeness (QED) is 0.688. The van der Waals surface area contributed by atoms with Crippen molar-refractivity contribution in [1.29, 1.82) is 0 Å². The topological polar surface area (TPSA) is 42.0 Å². The molecule has 0 fully saturated rings. The summed E-state index contributed by atoms with van der Waals surface area (Å²) in [6.07, 6.45) is 4.56. The number of pyridine rings is 1. The molecule has 1 heterocycles. The highest BCUT2D eigenvalue weighted by Gasteiger charge is 2.02. The fraction of sp³-hybridized carbons (Fsp3) is 0.455. The number of aromatic nitrogens is 1. The Bertz CT molecular complexity index is 272. The standard InChI is InChI=1S/C11H16N2O/c1-2-12-8-5-11(14)9-10-3-6-13-7-4-10/h3-4,6-7,12H,2,5,8-9H2,1H3. The molecule has 1 aromatic heterocycles. The van der Waals surface area contributed by atoms with E-state index >= 15 is 0 Å². The van der Waals surface area contributed by atoms with E-state index < -0.39 is 0 Å². The summed E-state index contributed by atoms with van der Waals surface area (Å²) in [5, 5.41) is 3.13. The maximum absolute atomic E-state index is 11.4. The van der Waals surface area contributed by atoms with E-state index in [1.54, 1.807) is 12.4 Å². The van der Waals surface area contributed by atoms with Gasteiger partial charge in [0.05, 0.1) is 0 Å². The van der Waals surface area contributed by atoms with E-state index in [-0.39, 0.29) is 5.78 Å². The maximum atomic E-state index is 11.4. The average molecular weight is 192 g/mol. The first-order valence-corrected chi connectivity index (χ1v) is 4.94. The Kier molecular flexibility index (Phi) is 4.86. The van der Waals surface area contributed by atoms with Crippen molar-refractivity contribution < 1.29 is 4.79 Å². The lowest BCUT2D eigenvalue weighted by molar-refractivity contribution is -0.118. The third kappa shape index (κ3) is 4.14. The van der Waals surface area contributed by atoms with Crippen molar-refractivity contribution in [2.75, 3.05) is 13.1 Å². The monoisotopic (exact) mass is 192 g/mol. The Labute approximate surface area is 84.6 Å². The molecular weight excluding hydrogens is 176 g/mol. The van der Waals surface area contributed by atoms with Gasteiger partial charge in [-0.3, -0.25) is 9.78 Å². The molecule has 1 rings (SSSR count). The van der Waals surface area contributed by atoms with Crippen molar-refractivity contribution in [2.45, 2.75) is 19.8 Å². The minimum atomic E-state index is 0.275. The third-order valence-corrected chi connectivity index (χ3v) is 1.98. The zero-order valence-corrected chi connectivity index (χ0v) is 8.49. The summed E-state index contributed by atoms with van der Waals surface area (Å²) >= 11 is 0. The molecule has 1 N–H and O–H groups in total. The van der Waals surface area contributed by atoms with Gasteiger partial charge in [-0.2, -0.15) is 0 Å². The fourth-order valence-electron chi connectivity index (χ4n) is 1.22. The first-order chi connectivity index (χ1) is 6.83. The zero-order chi connectivity index (χ0) is 10.2. The number of nitrogens with zero attached hydrogens (tertiary/aromatic N) is 1. The zero-order valence-electron chi connectivity index (χ0n) is 8.49. The molecule has 76 valence electrons. The minimum Gasteiger partial charge on any atom is -0.317 e. The predicted molar refractivity (Wildman–Crippen MR) is 56.1 cm³/mol. The SMILES string of the molecule is CCNCCC(=O)Cc1ccncc1. The molecule has 0 aromatic carbocycles. The summed E-state index contributed by atoms with van der Waals surface area (Å²) in [4.78, 5) is 15.3. The molecule has 1 aromatic rings. The molecule has 0 aliphatic heterocycles. The van der Waals surface area contributed by atoms with E-state index in [0.717, 1.165) is 18.7 Å². The molecule has 0 unspecified atom stereocenters. The van der Waals surface area contributed by atoms with Crippen molar-refractivity contribution in [2.24, 2.45) is 0 Å². The number of rotatable bonds is 6. The van der Waals surface area contributed by atoms with Crippen LogP contribution in [0.15, 0.2) is 24.5 Å². The Morgan fingerprint density at radius 3 is 2.79 bits per heavy atom. The summed E-state index contributed by atoms with van der Waals surface area (Å²) in [7, 11) is 0. The van der Waals surface area contributed by atoms with Gasteiger partial charge in [-0.05, 0) is 24.2 Å². The molecule has 0 atom stereocenters. The van der Waals surface area contributed by atoms with E-state index in [2.05, 4.69) is 10.3 Å². The molecule has 0 saturated carbocycles. The Balaban J connectivity index is 2.27. The van der Waals surface area contributed by atoms with Crippen LogP contribution < -0.4 is 5.32 Å². The molecule has 0 bridgehead atoms. The van der Waals surface area contributed by atoms with Crippen LogP contribution in [-0.2, 0) is 11.2 Å². The maximum Gasteiger partial charge on any atom is 0.138 e. The highest BCUT2D eigenvalue weighted by Crippen LogP contribution is 1.99. The number of ketones is 1. The lowest BCUT2D eigenvalue weighted by Crippen LogP contribution is -2.18. The number of Topliss-reactive ketones (excluding diaryl/α,β-unsaturated/α-hetero) is 1. The van der Waals surface area contributed by atoms with Gasteiger partial charge in [-0.1, -0.05) is 6.92 Å². The first-order valence-electron chi connectivity index (χ1n) is 4.94. The van der Waals surface area contributed by atoms with Crippen LogP contribution in [-0.4, -0.2) is 23.9 Å². The number of hydrogen-bond acceptors (Lipinski definition) is 3. The van der Waals surface area contributed by atoms with Crippen molar-refractivity contribution in [3.05, 3.63) is 30.1 Å². The molecule has 0 saturated heterocycles. The van der Waals surface area contributed by atoms with Gasteiger partial charge in [0.15, 0.2) is 0 Å². The average Bonchev–Trinajstić information content (AvgIpc) is 2.20. The van der Waals surface area contributed by atoms with Gasteiger partial charge in [-0.25, -0.2) is 0 Å². The molecule has 0 amide bonds. The van der Waals surface area contributed by atoms with Crippen LogP contribution in [0.1, 0.15) is 18.9 Å². The molecule has 3 heteroatoms. The highest BCUT2D eigenvalue weighted by molar-refractivity contribution is 5.80. The molecule has 0 radical (unpaired) electrons. The lowest BCUT2D eigenvalue weighted by atomic mass is 10.1. The van der Waals surface area contributed by atoms with E-state index in [0.29, 0.717) is 12.8 Å². The van der Waals surface area contributed by atoms with E-state index in [1.165, 1.54) is 0 Å². The molecule has 0 aliphatic carbocycles. The largest absolute Gasteiger partial charge is 0.317 e. The minimum absolute atomic E-state index is 0.275. The summed E-state index contributed by atoms with van der Waals surface area (Å²) in [6, 6.07) is 3.76. The summed E-state index contributed by atoms with van der Waals surface area (Å²) in [6.45, 7) is 3.73. The van der Waals surface area contributed by atoms with Gasteiger partial charge in [0, 0.05) is 31.8 Å². The summed E-state index contributed by atoms with van der Waals surface area (Å²) < 4.78 is 0. The van der Waals surface area contributed by atoms with Crippen LogP contribution in [0.25, 0.3) is 0 Å². The van der Waals surface area contributed by atoms with Crippen LogP contribution >= 0.6 is 0 Å². The third-order valence-electron chi connectivity index (χ3n) is 1.98. The van der Waals surface area contributed by atoms with Crippen molar-refractivity contribution in [3.63, 3.8) is 0 Å². The normalized spacial score (nSPS) is 10.1. The number of carbonyl (C=O) groups is 1. The van der Waals surface area contributed by atoms with Gasteiger partial charge in [0.1, 0.15) is 5.78 Å². The molecular formula is C11H16N2O. The summed E-state index contributed by atoms with van der Waals surface area (Å²) in [5.74, 6) is 0.275. The Morgan fingerprint density at radius 2 is 2.14 bits per heavy atom. The first kappa shape index (κ1) is 10.9. The van der Waals surface area contributed by atoms with Crippen LogP contribution in [0.2, 0.25) is 0 Å². The molecule has 0 aliphatic rings. The van der Waals surface area contributed by atoms with E-state index in [9.17, 15) is 4.79 Å². The van der Waals surface area contributed by atoms with Gasteiger partial charge in [0.25, 0.3) is 0 Å². The second-order valence-electron chi connectivity index (χ2n) is 3.17. The smallest absolute Gasteiger partial charge is 0.138 e. The predicted octanol–water partition coefficient (Wildman–Crippen LogP) is 1.19. The molecule has 14 heavy (non-hydrogen) atoms. The molecule has 3 nitrogen and oxygen atoms in total. The van der Waals surface area contributed by atoms with Crippen molar-refractivity contribution in [3.8, 4) is 0 Å². The van der Waals surface area contributed by atoms with Crippen LogP contribution in [0, 0.1) is 0 Å². The Morgan fingerprint density at radius 1 is 1.43 bits per heavy atom. The summed E-state index contributed by atoms with van der Waals surface area (Å²) in [5.41, 5.74) is 1.04.